The van der Waals surface area contributed by atoms with Gasteiger partial charge in [0.2, 0.25) is 0 Å². The van der Waals surface area contributed by atoms with E-state index >= 15 is 0 Å². The van der Waals surface area contributed by atoms with Crippen LogP contribution < -0.4 is 4.74 Å². The number of hydrogen-bond acceptors (Lipinski definition) is 2. The van der Waals surface area contributed by atoms with Crippen molar-refractivity contribution < 1.29 is 23.4 Å². The summed E-state index contributed by atoms with van der Waals surface area (Å²) in [6, 6.07) is 1.83. The molecule has 22 heavy (non-hydrogen) atoms. The summed E-state index contributed by atoms with van der Waals surface area (Å²) in [5.41, 5.74) is -0.945. The molecule has 0 bridgehead atoms. The summed E-state index contributed by atoms with van der Waals surface area (Å²) in [5.74, 6) is -3.82. The SMILES string of the molecule is CCCCCCCCCCOc1cc(F)c(C(=O)O)c(F)c1. The van der Waals surface area contributed by atoms with Crippen LogP contribution >= 0.6 is 0 Å². The highest BCUT2D eigenvalue weighted by Crippen LogP contribution is 2.21. The van der Waals surface area contributed by atoms with Crippen LogP contribution in [-0.2, 0) is 0 Å². The highest BCUT2D eigenvalue weighted by Gasteiger charge is 2.18. The Kier molecular flexibility index (Phi) is 8.48. The normalized spacial score (nSPS) is 10.7. The number of carboxylic acid groups (broad SMARTS) is 1. The van der Waals surface area contributed by atoms with E-state index < -0.39 is 23.2 Å². The van der Waals surface area contributed by atoms with Gasteiger partial charge in [-0.15, -0.1) is 0 Å². The summed E-state index contributed by atoms with van der Waals surface area (Å²) in [5, 5.41) is 8.67. The first-order valence-electron chi connectivity index (χ1n) is 7.91. The van der Waals surface area contributed by atoms with Gasteiger partial charge >= 0.3 is 5.97 Å². The zero-order valence-corrected chi connectivity index (χ0v) is 13.0. The summed E-state index contributed by atoms with van der Waals surface area (Å²) in [7, 11) is 0. The fourth-order valence-corrected chi connectivity index (χ4v) is 2.26. The summed E-state index contributed by atoms with van der Waals surface area (Å²) in [6.45, 7) is 2.56. The Bertz CT molecular complexity index is 452. The van der Waals surface area contributed by atoms with Crippen LogP contribution in [-0.4, -0.2) is 17.7 Å². The molecule has 0 aliphatic rings. The average molecular weight is 314 g/mol. The molecule has 1 N–H and O–H groups in total. The first-order valence-corrected chi connectivity index (χ1v) is 7.91. The van der Waals surface area contributed by atoms with Gasteiger partial charge in [-0.1, -0.05) is 51.9 Å². The van der Waals surface area contributed by atoms with Crippen molar-refractivity contribution in [3.63, 3.8) is 0 Å². The van der Waals surface area contributed by atoms with Gasteiger partial charge in [-0.3, -0.25) is 0 Å². The van der Waals surface area contributed by atoms with Crippen molar-refractivity contribution in [3.8, 4) is 5.75 Å². The maximum atomic E-state index is 13.4. The number of carbonyl (C=O) groups is 1. The average Bonchev–Trinajstić information content (AvgIpc) is 2.44. The first kappa shape index (κ1) is 18.4. The summed E-state index contributed by atoms with van der Waals surface area (Å²) < 4.78 is 32.2. The fraction of sp³-hybridized carbons (Fsp3) is 0.588. The van der Waals surface area contributed by atoms with E-state index in [9.17, 15) is 13.6 Å². The number of rotatable bonds is 11. The van der Waals surface area contributed by atoms with Gasteiger partial charge in [-0.25, -0.2) is 13.6 Å². The maximum absolute atomic E-state index is 13.4. The fourth-order valence-electron chi connectivity index (χ4n) is 2.26. The number of carboxylic acids is 1. The van der Waals surface area contributed by atoms with E-state index in [2.05, 4.69) is 6.92 Å². The molecule has 0 amide bonds. The van der Waals surface area contributed by atoms with Crippen LogP contribution in [0.3, 0.4) is 0 Å². The quantitative estimate of drug-likeness (QED) is 0.572. The summed E-state index contributed by atoms with van der Waals surface area (Å²) in [6.07, 6.45) is 9.23. The molecule has 1 aromatic carbocycles. The summed E-state index contributed by atoms with van der Waals surface area (Å²) in [4.78, 5) is 10.7. The first-order chi connectivity index (χ1) is 10.6. The van der Waals surface area contributed by atoms with Crippen LogP contribution in [0.15, 0.2) is 12.1 Å². The Morgan fingerprint density at radius 3 is 2.00 bits per heavy atom. The third-order valence-electron chi connectivity index (χ3n) is 3.50. The van der Waals surface area contributed by atoms with E-state index in [-0.39, 0.29) is 5.75 Å². The van der Waals surface area contributed by atoms with Gasteiger partial charge in [0.05, 0.1) is 6.61 Å². The van der Waals surface area contributed by atoms with E-state index in [0.717, 1.165) is 31.4 Å². The van der Waals surface area contributed by atoms with Crippen molar-refractivity contribution in [1.29, 1.82) is 0 Å². The number of benzene rings is 1. The zero-order chi connectivity index (χ0) is 16.4. The molecular weight excluding hydrogens is 290 g/mol. The Labute approximate surface area is 130 Å². The van der Waals surface area contributed by atoms with Crippen LogP contribution in [0.4, 0.5) is 8.78 Å². The molecule has 0 heterocycles. The molecule has 3 nitrogen and oxygen atoms in total. The minimum Gasteiger partial charge on any atom is -0.493 e. The van der Waals surface area contributed by atoms with Crippen molar-refractivity contribution in [2.24, 2.45) is 0 Å². The number of unbranched alkanes of at least 4 members (excludes halogenated alkanes) is 7. The highest BCUT2D eigenvalue weighted by atomic mass is 19.1. The topological polar surface area (TPSA) is 46.5 Å². The van der Waals surface area contributed by atoms with E-state index in [1.807, 2.05) is 0 Å². The standard InChI is InChI=1S/C17H24F2O3/c1-2-3-4-5-6-7-8-9-10-22-13-11-14(18)16(17(20)21)15(19)12-13/h11-12H,2-10H2,1H3,(H,20,21). The second-order valence-electron chi connectivity index (χ2n) is 5.39. The van der Waals surface area contributed by atoms with Gasteiger partial charge in [-0.05, 0) is 6.42 Å². The number of hydrogen-bond donors (Lipinski definition) is 1. The molecule has 5 heteroatoms. The molecule has 0 aliphatic carbocycles. The Morgan fingerprint density at radius 1 is 1.00 bits per heavy atom. The molecule has 0 unspecified atom stereocenters. The van der Waals surface area contributed by atoms with Gasteiger partial charge in [0.15, 0.2) is 0 Å². The second kappa shape index (κ2) is 10.1. The molecule has 0 spiro atoms. The third kappa shape index (κ3) is 6.41. The Balaban J connectivity index is 2.24. The van der Waals surface area contributed by atoms with E-state index in [1.54, 1.807) is 0 Å². The van der Waals surface area contributed by atoms with E-state index in [4.69, 9.17) is 9.84 Å². The lowest BCUT2D eigenvalue weighted by atomic mass is 10.1. The van der Waals surface area contributed by atoms with Gasteiger partial charge in [-0.2, -0.15) is 0 Å². The maximum Gasteiger partial charge on any atom is 0.341 e. The monoisotopic (exact) mass is 314 g/mol. The van der Waals surface area contributed by atoms with Crippen molar-refractivity contribution in [3.05, 3.63) is 29.3 Å². The molecule has 0 atom stereocenters. The largest absolute Gasteiger partial charge is 0.493 e. The van der Waals surface area contributed by atoms with Gasteiger partial charge < -0.3 is 9.84 Å². The number of halogens is 2. The van der Waals surface area contributed by atoms with Crippen molar-refractivity contribution in [1.82, 2.24) is 0 Å². The molecule has 0 saturated carbocycles. The minimum atomic E-state index is -1.62. The van der Waals surface area contributed by atoms with Crippen molar-refractivity contribution >= 4 is 5.97 Å². The van der Waals surface area contributed by atoms with Gasteiger partial charge in [0, 0.05) is 12.1 Å². The van der Waals surface area contributed by atoms with Crippen LogP contribution in [0.25, 0.3) is 0 Å². The Hall–Kier alpha value is -1.65. The van der Waals surface area contributed by atoms with E-state index in [0.29, 0.717) is 6.61 Å². The predicted molar refractivity (Wildman–Crippen MR) is 81.4 cm³/mol. The zero-order valence-electron chi connectivity index (χ0n) is 13.0. The number of aromatic carboxylic acids is 1. The lowest BCUT2D eigenvalue weighted by Gasteiger charge is -2.08. The van der Waals surface area contributed by atoms with Crippen molar-refractivity contribution in [2.45, 2.75) is 58.3 Å². The summed E-state index contributed by atoms with van der Waals surface area (Å²) >= 11 is 0. The Morgan fingerprint density at radius 2 is 1.50 bits per heavy atom. The smallest absolute Gasteiger partial charge is 0.341 e. The molecule has 1 aromatic rings. The van der Waals surface area contributed by atoms with E-state index in [1.165, 1.54) is 32.1 Å². The van der Waals surface area contributed by atoms with Crippen LogP contribution in [0.2, 0.25) is 0 Å². The molecule has 124 valence electrons. The van der Waals surface area contributed by atoms with Crippen LogP contribution in [0.1, 0.15) is 68.6 Å². The molecule has 0 fully saturated rings. The van der Waals surface area contributed by atoms with Gasteiger partial charge in [0.1, 0.15) is 22.9 Å². The molecule has 1 rings (SSSR count). The van der Waals surface area contributed by atoms with Crippen LogP contribution in [0, 0.1) is 11.6 Å². The minimum absolute atomic E-state index is 0.0305. The molecule has 0 aromatic heterocycles. The van der Waals surface area contributed by atoms with Crippen molar-refractivity contribution in [2.75, 3.05) is 6.61 Å². The predicted octanol–water partition coefficient (Wildman–Crippen LogP) is 5.18. The lowest BCUT2D eigenvalue weighted by molar-refractivity contribution is 0.0686. The van der Waals surface area contributed by atoms with Crippen LogP contribution in [0.5, 0.6) is 5.75 Å². The third-order valence-corrected chi connectivity index (χ3v) is 3.50. The molecular formula is C17H24F2O3. The highest BCUT2D eigenvalue weighted by molar-refractivity contribution is 5.88. The number of ether oxygens (including phenoxy) is 1. The molecule has 0 aliphatic heterocycles. The van der Waals surface area contributed by atoms with Gasteiger partial charge in [0.25, 0.3) is 0 Å². The second-order valence-corrected chi connectivity index (χ2v) is 5.39. The lowest BCUT2D eigenvalue weighted by Crippen LogP contribution is -2.06. The molecule has 0 saturated heterocycles. The molecule has 0 radical (unpaired) electrons.